The van der Waals surface area contributed by atoms with E-state index in [1.165, 1.54) is 48.4 Å². The molecule has 0 aromatic heterocycles. The Labute approximate surface area is 242 Å². The summed E-state index contributed by atoms with van der Waals surface area (Å²) in [7, 11) is -2.80. The Bertz CT molecular complexity index is 1430. The minimum absolute atomic E-state index is 0.00293. The summed E-state index contributed by atoms with van der Waals surface area (Å²) in [5.41, 5.74) is 1.56. The van der Waals surface area contributed by atoms with Crippen LogP contribution in [0.25, 0.3) is 0 Å². The van der Waals surface area contributed by atoms with E-state index < -0.39 is 34.3 Å². The highest BCUT2D eigenvalue weighted by molar-refractivity contribution is 7.92. The second-order valence-electron chi connectivity index (χ2n) is 10.2. The van der Waals surface area contributed by atoms with Crippen molar-refractivity contribution in [1.29, 1.82) is 0 Å². The van der Waals surface area contributed by atoms with Crippen LogP contribution in [0.4, 0.5) is 10.1 Å². The van der Waals surface area contributed by atoms with Gasteiger partial charge in [0.1, 0.15) is 24.2 Å². The molecule has 0 saturated carbocycles. The van der Waals surface area contributed by atoms with Gasteiger partial charge in [-0.15, -0.1) is 0 Å². The summed E-state index contributed by atoms with van der Waals surface area (Å²) in [5, 5.41) is 2.89. The van der Waals surface area contributed by atoms with Gasteiger partial charge in [0.25, 0.3) is 10.0 Å². The van der Waals surface area contributed by atoms with Crippen LogP contribution < -0.4 is 14.4 Å². The molecule has 1 N–H and O–H groups in total. The molecule has 2 amide bonds. The van der Waals surface area contributed by atoms with E-state index in [1.807, 2.05) is 20.8 Å². The molecule has 220 valence electrons. The number of hydrogen-bond acceptors (Lipinski definition) is 5. The maximum absolute atomic E-state index is 14.1. The lowest BCUT2D eigenvalue weighted by Gasteiger charge is -2.33. The Morgan fingerprint density at radius 2 is 1.66 bits per heavy atom. The molecule has 0 aliphatic carbocycles. The molecule has 3 aromatic carbocycles. The highest BCUT2D eigenvalue weighted by Crippen LogP contribution is 2.33. The van der Waals surface area contributed by atoms with Crippen LogP contribution in [0, 0.1) is 18.7 Å². The third-order valence-electron chi connectivity index (χ3n) is 6.55. The number of hydrogen-bond donors (Lipinski definition) is 1. The normalized spacial score (nSPS) is 12.1. The minimum atomic E-state index is -4.23. The number of aryl methyl sites for hydroxylation is 1. The summed E-state index contributed by atoms with van der Waals surface area (Å²) in [5.74, 6) is -0.904. The number of amides is 2. The van der Waals surface area contributed by atoms with Crippen molar-refractivity contribution in [2.75, 3.05) is 24.5 Å². The molecule has 0 unspecified atom stereocenters. The van der Waals surface area contributed by atoms with Crippen LogP contribution in [-0.4, -0.2) is 51.4 Å². The predicted molar refractivity (Wildman–Crippen MR) is 158 cm³/mol. The predicted octanol–water partition coefficient (Wildman–Crippen LogP) is 4.92. The monoisotopic (exact) mass is 583 g/mol. The van der Waals surface area contributed by atoms with Crippen LogP contribution in [-0.2, 0) is 26.2 Å². The lowest BCUT2D eigenvalue weighted by molar-refractivity contribution is -0.140. The number of nitrogens with zero attached hydrogens (tertiary/aromatic N) is 2. The Hall–Kier alpha value is -3.92. The molecule has 0 aliphatic heterocycles. The third-order valence-corrected chi connectivity index (χ3v) is 8.32. The standard InChI is InChI=1S/C31H38FN3O5S/c1-6-27(31(37)33-19-22(2)3)34(20-24-13-15-25(32)16-14-24)30(36)21-35(28-18-23(4)12-17-29(28)40-5)41(38,39)26-10-8-7-9-11-26/h7-18,22,27H,6,19-21H2,1-5H3,(H,33,37)/t27-/m0/s1. The topological polar surface area (TPSA) is 96.0 Å². The van der Waals surface area contributed by atoms with E-state index in [4.69, 9.17) is 4.74 Å². The van der Waals surface area contributed by atoms with Crippen LogP contribution in [0.2, 0.25) is 0 Å². The van der Waals surface area contributed by atoms with Gasteiger partial charge in [0.15, 0.2) is 0 Å². The number of carbonyl (C=O) groups is 2. The average molecular weight is 584 g/mol. The fourth-order valence-electron chi connectivity index (χ4n) is 4.36. The SMILES string of the molecule is CC[C@@H](C(=O)NCC(C)C)N(Cc1ccc(F)cc1)C(=O)CN(c1cc(C)ccc1OC)S(=O)(=O)c1ccccc1. The first-order valence-electron chi connectivity index (χ1n) is 13.5. The van der Waals surface area contributed by atoms with Crippen molar-refractivity contribution in [3.8, 4) is 5.75 Å². The van der Waals surface area contributed by atoms with Gasteiger partial charge in [0, 0.05) is 13.1 Å². The first-order valence-corrected chi connectivity index (χ1v) is 15.0. The van der Waals surface area contributed by atoms with Gasteiger partial charge in [0.2, 0.25) is 11.8 Å². The molecular formula is C31H38FN3O5S. The number of ether oxygens (including phenoxy) is 1. The second-order valence-corrected chi connectivity index (χ2v) is 12.1. The number of anilines is 1. The summed E-state index contributed by atoms with van der Waals surface area (Å²) in [4.78, 5) is 28.8. The molecule has 1 atom stereocenters. The van der Waals surface area contributed by atoms with E-state index >= 15 is 0 Å². The number of nitrogens with one attached hydrogen (secondary N) is 1. The number of carbonyl (C=O) groups excluding carboxylic acids is 2. The van der Waals surface area contributed by atoms with Crippen molar-refractivity contribution >= 4 is 27.5 Å². The van der Waals surface area contributed by atoms with Gasteiger partial charge in [-0.05, 0) is 66.8 Å². The summed E-state index contributed by atoms with van der Waals surface area (Å²) in [6, 6.07) is 17.7. The summed E-state index contributed by atoms with van der Waals surface area (Å²) in [6.45, 7) is 7.33. The maximum Gasteiger partial charge on any atom is 0.264 e. The van der Waals surface area contributed by atoms with Gasteiger partial charge in [-0.25, -0.2) is 12.8 Å². The summed E-state index contributed by atoms with van der Waals surface area (Å²) < 4.78 is 48.1. The van der Waals surface area contributed by atoms with Crippen LogP contribution in [0.5, 0.6) is 5.75 Å². The van der Waals surface area contributed by atoms with Crippen molar-refractivity contribution in [3.63, 3.8) is 0 Å². The van der Waals surface area contributed by atoms with Crippen molar-refractivity contribution < 1.29 is 27.1 Å². The highest BCUT2D eigenvalue weighted by atomic mass is 32.2. The number of halogens is 1. The summed E-state index contributed by atoms with van der Waals surface area (Å²) >= 11 is 0. The van der Waals surface area contributed by atoms with E-state index in [1.54, 1.807) is 43.3 Å². The molecule has 0 saturated heterocycles. The number of benzene rings is 3. The highest BCUT2D eigenvalue weighted by Gasteiger charge is 2.34. The molecule has 3 aromatic rings. The lowest BCUT2D eigenvalue weighted by atomic mass is 10.1. The Morgan fingerprint density at radius 1 is 1.00 bits per heavy atom. The zero-order chi connectivity index (χ0) is 30.2. The quantitative estimate of drug-likeness (QED) is 0.308. The van der Waals surface area contributed by atoms with Crippen LogP contribution in [0.1, 0.15) is 38.3 Å². The number of sulfonamides is 1. The van der Waals surface area contributed by atoms with E-state index in [9.17, 15) is 22.4 Å². The molecule has 3 rings (SSSR count). The smallest absolute Gasteiger partial charge is 0.264 e. The minimum Gasteiger partial charge on any atom is -0.495 e. The van der Waals surface area contributed by atoms with Crippen LogP contribution >= 0.6 is 0 Å². The molecule has 0 fully saturated rings. The largest absolute Gasteiger partial charge is 0.495 e. The first-order chi connectivity index (χ1) is 19.5. The molecule has 0 radical (unpaired) electrons. The van der Waals surface area contributed by atoms with Crippen molar-refractivity contribution in [3.05, 3.63) is 89.7 Å². The van der Waals surface area contributed by atoms with Gasteiger partial charge in [-0.3, -0.25) is 13.9 Å². The van der Waals surface area contributed by atoms with E-state index in [0.717, 1.165) is 9.87 Å². The molecule has 0 heterocycles. The van der Waals surface area contributed by atoms with Crippen molar-refractivity contribution in [2.24, 2.45) is 5.92 Å². The Balaban J connectivity index is 2.10. The zero-order valence-corrected chi connectivity index (χ0v) is 24.9. The molecular weight excluding hydrogens is 545 g/mol. The van der Waals surface area contributed by atoms with Crippen LogP contribution in [0.3, 0.4) is 0 Å². The van der Waals surface area contributed by atoms with Gasteiger partial charge >= 0.3 is 0 Å². The van der Waals surface area contributed by atoms with Gasteiger partial charge < -0.3 is 15.0 Å². The van der Waals surface area contributed by atoms with Gasteiger partial charge in [-0.2, -0.15) is 0 Å². The molecule has 0 spiro atoms. The fraction of sp³-hybridized carbons (Fsp3) is 0.355. The zero-order valence-electron chi connectivity index (χ0n) is 24.1. The van der Waals surface area contributed by atoms with Crippen molar-refractivity contribution in [1.82, 2.24) is 10.2 Å². The molecule has 8 nitrogen and oxygen atoms in total. The summed E-state index contributed by atoms with van der Waals surface area (Å²) in [6.07, 6.45) is 0.288. The van der Waals surface area contributed by atoms with Gasteiger partial charge in [0.05, 0.1) is 17.7 Å². The maximum atomic E-state index is 14.1. The van der Waals surface area contributed by atoms with E-state index in [2.05, 4.69) is 5.32 Å². The third kappa shape index (κ3) is 8.07. The van der Waals surface area contributed by atoms with E-state index in [-0.39, 0.29) is 41.1 Å². The van der Waals surface area contributed by atoms with Crippen molar-refractivity contribution in [2.45, 2.75) is 51.6 Å². The Morgan fingerprint density at radius 3 is 2.24 bits per heavy atom. The van der Waals surface area contributed by atoms with E-state index in [0.29, 0.717) is 12.1 Å². The lowest BCUT2D eigenvalue weighted by Crippen LogP contribution is -2.52. The molecule has 41 heavy (non-hydrogen) atoms. The molecule has 0 aliphatic rings. The Kier molecular flexibility index (Phi) is 10.9. The molecule has 10 heteroatoms. The number of rotatable bonds is 13. The molecule has 0 bridgehead atoms. The number of methoxy groups -OCH3 is 1. The van der Waals surface area contributed by atoms with Crippen LogP contribution in [0.15, 0.2) is 77.7 Å². The average Bonchev–Trinajstić information content (AvgIpc) is 2.95. The fourth-order valence-corrected chi connectivity index (χ4v) is 5.79. The second kappa shape index (κ2) is 14.1. The van der Waals surface area contributed by atoms with Gasteiger partial charge in [-0.1, -0.05) is 57.2 Å². The first kappa shape index (κ1) is 31.6.